The van der Waals surface area contributed by atoms with Gasteiger partial charge in [0.2, 0.25) is 5.76 Å². The van der Waals surface area contributed by atoms with E-state index in [1.807, 2.05) is 18.4 Å². The number of rotatable bonds is 4. The highest BCUT2D eigenvalue weighted by molar-refractivity contribution is 7.10. The summed E-state index contributed by atoms with van der Waals surface area (Å²) < 4.78 is 5.08. The summed E-state index contributed by atoms with van der Waals surface area (Å²) in [5, 5.41) is 13.7. The highest BCUT2D eigenvalue weighted by Gasteiger charge is 2.08. The largest absolute Gasteiger partial charge is 0.475 e. The molecule has 2 aromatic heterocycles. The normalized spacial score (nSPS) is 10.3. The van der Waals surface area contributed by atoms with E-state index in [1.165, 1.54) is 16.5 Å². The number of carboxylic acids is 1. The molecule has 2 N–H and O–H groups in total. The van der Waals surface area contributed by atoms with Crippen molar-refractivity contribution >= 4 is 23.2 Å². The van der Waals surface area contributed by atoms with E-state index in [0.29, 0.717) is 12.4 Å². The molecule has 0 aromatic carbocycles. The summed E-state index contributed by atoms with van der Waals surface area (Å²) in [6.45, 7) is 2.69. The molecule has 0 atom stereocenters. The van der Waals surface area contributed by atoms with E-state index < -0.39 is 5.97 Å². The maximum atomic E-state index is 10.6. The maximum Gasteiger partial charge on any atom is 0.371 e. The number of nitrogens with one attached hydrogen (secondary N) is 1. The minimum Gasteiger partial charge on any atom is -0.475 e. The van der Waals surface area contributed by atoms with Gasteiger partial charge in [-0.15, -0.1) is 11.3 Å². The molecular weight excluding hydrogens is 226 g/mol. The van der Waals surface area contributed by atoms with Crippen LogP contribution in [-0.2, 0) is 6.54 Å². The lowest BCUT2D eigenvalue weighted by atomic mass is 10.3. The van der Waals surface area contributed by atoms with Gasteiger partial charge in [0.05, 0.1) is 6.54 Å². The second-order valence-corrected chi connectivity index (χ2v) is 4.35. The number of carboxylic acid groups (broad SMARTS) is 1. The minimum absolute atomic E-state index is 0.0506. The third kappa shape index (κ3) is 2.25. The van der Waals surface area contributed by atoms with E-state index in [9.17, 15) is 4.79 Å². The van der Waals surface area contributed by atoms with Crippen LogP contribution in [0.2, 0.25) is 0 Å². The summed E-state index contributed by atoms with van der Waals surface area (Å²) in [5.41, 5.74) is 1.22. The van der Waals surface area contributed by atoms with Gasteiger partial charge in [-0.05, 0) is 30.0 Å². The minimum atomic E-state index is -1.06. The van der Waals surface area contributed by atoms with Crippen molar-refractivity contribution in [3.05, 3.63) is 39.8 Å². The van der Waals surface area contributed by atoms with Crippen LogP contribution in [0, 0.1) is 6.92 Å². The molecule has 84 valence electrons. The molecular formula is C11H11NO3S. The van der Waals surface area contributed by atoms with Gasteiger partial charge in [-0.2, -0.15) is 0 Å². The van der Waals surface area contributed by atoms with E-state index in [4.69, 9.17) is 9.52 Å². The quantitative estimate of drug-likeness (QED) is 0.858. The van der Waals surface area contributed by atoms with Gasteiger partial charge in [-0.25, -0.2) is 4.79 Å². The molecule has 5 heteroatoms. The van der Waals surface area contributed by atoms with E-state index in [2.05, 4.69) is 5.32 Å². The van der Waals surface area contributed by atoms with Crippen LogP contribution >= 0.6 is 11.3 Å². The van der Waals surface area contributed by atoms with Gasteiger partial charge < -0.3 is 14.8 Å². The Hall–Kier alpha value is -1.75. The van der Waals surface area contributed by atoms with Gasteiger partial charge in [-0.1, -0.05) is 0 Å². The number of aromatic carboxylic acids is 1. The first-order valence-corrected chi connectivity index (χ1v) is 5.65. The van der Waals surface area contributed by atoms with Crippen LogP contribution < -0.4 is 5.32 Å². The van der Waals surface area contributed by atoms with Crippen LogP contribution in [0.4, 0.5) is 5.88 Å². The number of anilines is 1. The zero-order valence-electron chi connectivity index (χ0n) is 8.69. The van der Waals surface area contributed by atoms with Crippen molar-refractivity contribution in [1.82, 2.24) is 0 Å². The summed E-state index contributed by atoms with van der Waals surface area (Å²) in [6, 6.07) is 5.10. The first-order chi connectivity index (χ1) is 7.66. The number of furan rings is 1. The van der Waals surface area contributed by atoms with Gasteiger partial charge in [0.15, 0.2) is 5.88 Å². The Morgan fingerprint density at radius 1 is 1.50 bits per heavy atom. The summed E-state index contributed by atoms with van der Waals surface area (Å²) in [6.07, 6.45) is 0. The fraction of sp³-hybridized carbons (Fsp3) is 0.182. The Morgan fingerprint density at radius 2 is 2.31 bits per heavy atom. The van der Waals surface area contributed by atoms with Crippen molar-refractivity contribution < 1.29 is 14.3 Å². The van der Waals surface area contributed by atoms with Gasteiger partial charge in [-0.3, -0.25) is 0 Å². The van der Waals surface area contributed by atoms with E-state index in [-0.39, 0.29) is 5.76 Å². The zero-order valence-corrected chi connectivity index (χ0v) is 9.50. The number of thiophene rings is 1. The lowest BCUT2D eigenvalue weighted by Gasteiger charge is -2.01. The number of hydrogen-bond acceptors (Lipinski definition) is 4. The molecule has 16 heavy (non-hydrogen) atoms. The molecule has 2 heterocycles. The lowest BCUT2D eigenvalue weighted by molar-refractivity contribution is 0.0663. The number of aryl methyl sites for hydroxylation is 1. The van der Waals surface area contributed by atoms with Crippen LogP contribution in [0.25, 0.3) is 0 Å². The molecule has 0 fully saturated rings. The Labute approximate surface area is 96.5 Å². The molecule has 0 unspecified atom stereocenters. The van der Waals surface area contributed by atoms with Gasteiger partial charge >= 0.3 is 5.97 Å². The second kappa shape index (κ2) is 4.40. The van der Waals surface area contributed by atoms with Gasteiger partial charge in [0, 0.05) is 10.9 Å². The van der Waals surface area contributed by atoms with Crippen molar-refractivity contribution in [1.29, 1.82) is 0 Å². The molecule has 0 aliphatic rings. The molecule has 0 radical (unpaired) electrons. The number of carbonyl (C=O) groups is 1. The highest BCUT2D eigenvalue weighted by Crippen LogP contribution is 2.19. The molecule has 0 bridgehead atoms. The molecule has 0 saturated carbocycles. The average Bonchev–Trinajstić information content (AvgIpc) is 2.83. The third-order valence-corrected chi connectivity index (χ3v) is 3.23. The van der Waals surface area contributed by atoms with Crippen LogP contribution in [-0.4, -0.2) is 11.1 Å². The summed E-state index contributed by atoms with van der Waals surface area (Å²) in [5.74, 6) is -0.629. The molecule has 0 saturated heterocycles. The Bertz CT molecular complexity index is 501. The maximum absolute atomic E-state index is 10.6. The van der Waals surface area contributed by atoms with E-state index in [0.717, 1.165) is 0 Å². The fourth-order valence-corrected chi connectivity index (χ4v) is 2.15. The zero-order chi connectivity index (χ0) is 11.5. The SMILES string of the molecule is Cc1ccsc1CNc1ccc(C(=O)O)o1. The van der Waals surface area contributed by atoms with Crippen LogP contribution in [0.3, 0.4) is 0 Å². The lowest BCUT2D eigenvalue weighted by Crippen LogP contribution is -1.97. The summed E-state index contributed by atoms with van der Waals surface area (Å²) in [7, 11) is 0. The molecule has 4 nitrogen and oxygen atoms in total. The van der Waals surface area contributed by atoms with Crippen molar-refractivity contribution in [2.24, 2.45) is 0 Å². The number of hydrogen-bond donors (Lipinski definition) is 2. The van der Waals surface area contributed by atoms with E-state index >= 15 is 0 Å². The third-order valence-electron chi connectivity index (χ3n) is 2.21. The second-order valence-electron chi connectivity index (χ2n) is 3.35. The van der Waals surface area contributed by atoms with Gasteiger partial charge in [0.25, 0.3) is 0 Å². The molecule has 2 rings (SSSR count). The first-order valence-electron chi connectivity index (χ1n) is 4.77. The first kappa shape index (κ1) is 10.8. The fourth-order valence-electron chi connectivity index (χ4n) is 1.30. The smallest absolute Gasteiger partial charge is 0.371 e. The monoisotopic (exact) mass is 237 g/mol. The van der Waals surface area contributed by atoms with E-state index in [1.54, 1.807) is 17.4 Å². The van der Waals surface area contributed by atoms with Crippen molar-refractivity contribution in [3.8, 4) is 0 Å². The molecule has 0 spiro atoms. The molecule has 0 aliphatic carbocycles. The highest BCUT2D eigenvalue weighted by atomic mass is 32.1. The van der Waals surface area contributed by atoms with Crippen LogP contribution in [0.1, 0.15) is 21.0 Å². The average molecular weight is 237 g/mol. The standard InChI is InChI=1S/C11H11NO3S/c1-7-4-5-16-9(7)6-12-10-3-2-8(15-10)11(13)14/h2-5,12H,6H2,1H3,(H,13,14). The molecule has 2 aromatic rings. The van der Waals surface area contributed by atoms with Crippen LogP contribution in [0.15, 0.2) is 28.0 Å². The Kier molecular flexibility index (Phi) is 2.96. The summed E-state index contributed by atoms with van der Waals surface area (Å²) >= 11 is 1.66. The topological polar surface area (TPSA) is 62.5 Å². The Morgan fingerprint density at radius 3 is 2.88 bits per heavy atom. The Balaban J connectivity index is 2.00. The van der Waals surface area contributed by atoms with Crippen molar-refractivity contribution in [2.75, 3.05) is 5.32 Å². The molecule has 0 amide bonds. The summed E-state index contributed by atoms with van der Waals surface area (Å²) in [4.78, 5) is 11.8. The molecule has 0 aliphatic heterocycles. The van der Waals surface area contributed by atoms with Gasteiger partial charge in [0.1, 0.15) is 0 Å². The van der Waals surface area contributed by atoms with Crippen molar-refractivity contribution in [2.45, 2.75) is 13.5 Å². The predicted octanol–water partition coefficient (Wildman–Crippen LogP) is 2.96. The van der Waals surface area contributed by atoms with Crippen molar-refractivity contribution in [3.63, 3.8) is 0 Å². The predicted molar refractivity (Wildman–Crippen MR) is 62.1 cm³/mol. The van der Waals surface area contributed by atoms with Crippen LogP contribution in [0.5, 0.6) is 0 Å².